The molecule has 144 valence electrons. The Kier molecular flexibility index (Phi) is 4.95. The van der Waals surface area contributed by atoms with Crippen molar-refractivity contribution in [2.24, 2.45) is 0 Å². The molecule has 0 atom stereocenters. The van der Waals surface area contributed by atoms with E-state index in [0.717, 1.165) is 21.7 Å². The second-order valence-electron chi connectivity index (χ2n) is 7.03. The predicted molar refractivity (Wildman–Crippen MR) is 117 cm³/mol. The SMILES string of the molecule is Cc1ccc(NC2=C(c3ccc(C)cc3)C(=O)N(c3cccc(Cl)c3)C2=O)cc1. The quantitative estimate of drug-likeness (QED) is 0.598. The van der Waals surface area contributed by atoms with Crippen LogP contribution in [0.5, 0.6) is 0 Å². The van der Waals surface area contributed by atoms with Crippen LogP contribution in [0.4, 0.5) is 11.4 Å². The summed E-state index contributed by atoms with van der Waals surface area (Å²) in [4.78, 5) is 27.8. The highest BCUT2D eigenvalue weighted by Gasteiger charge is 2.40. The van der Waals surface area contributed by atoms with Crippen LogP contribution in [0.25, 0.3) is 5.57 Å². The molecule has 5 heteroatoms. The van der Waals surface area contributed by atoms with Crippen molar-refractivity contribution in [1.29, 1.82) is 0 Å². The number of amides is 2. The van der Waals surface area contributed by atoms with Gasteiger partial charge in [0.2, 0.25) is 0 Å². The topological polar surface area (TPSA) is 49.4 Å². The van der Waals surface area contributed by atoms with Gasteiger partial charge < -0.3 is 5.32 Å². The lowest BCUT2D eigenvalue weighted by Gasteiger charge is -2.15. The summed E-state index contributed by atoms with van der Waals surface area (Å²) in [6.07, 6.45) is 0. The number of benzene rings is 3. The molecule has 0 spiro atoms. The Morgan fingerprint density at radius 1 is 0.793 bits per heavy atom. The van der Waals surface area contributed by atoms with E-state index in [1.54, 1.807) is 24.3 Å². The van der Waals surface area contributed by atoms with Crippen LogP contribution in [0, 0.1) is 13.8 Å². The summed E-state index contributed by atoms with van der Waals surface area (Å²) in [7, 11) is 0. The lowest BCUT2D eigenvalue weighted by Crippen LogP contribution is -2.32. The lowest BCUT2D eigenvalue weighted by atomic mass is 10.0. The summed E-state index contributed by atoms with van der Waals surface area (Å²) in [5.74, 6) is -0.788. The van der Waals surface area contributed by atoms with Gasteiger partial charge in [-0.15, -0.1) is 0 Å². The van der Waals surface area contributed by atoms with E-state index < -0.39 is 5.91 Å². The molecule has 3 aromatic carbocycles. The van der Waals surface area contributed by atoms with Crippen molar-refractivity contribution in [1.82, 2.24) is 0 Å². The van der Waals surface area contributed by atoms with Crippen LogP contribution in [-0.4, -0.2) is 11.8 Å². The zero-order valence-corrected chi connectivity index (χ0v) is 16.8. The molecule has 0 saturated carbocycles. The molecule has 1 aliphatic heterocycles. The van der Waals surface area contributed by atoms with Gasteiger partial charge in [0.1, 0.15) is 5.70 Å². The molecule has 0 unspecified atom stereocenters. The molecule has 0 saturated heterocycles. The number of rotatable bonds is 4. The van der Waals surface area contributed by atoms with Crippen molar-refractivity contribution in [3.8, 4) is 0 Å². The molecule has 29 heavy (non-hydrogen) atoms. The van der Waals surface area contributed by atoms with Crippen LogP contribution in [-0.2, 0) is 9.59 Å². The average molecular weight is 403 g/mol. The fourth-order valence-corrected chi connectivity index (χ4v) is 3.45. The molecule has 4 nitrogen and oxygen atoms in total. The van der Waals surface area contributed by atoms with Crippen LogP contribution in [0.3, 0.4) is 0 Å². The molecule has 1 aliphatic rings. The Hall–Kier alpha value is -3.37. The minimum atomic E-state index is -0.409. The summed E-state index contributed by atoms with van der Waals surface area (Å²) in [5, 5.41) is 3.62. The van der Waals surface area contributed by atoms with Gasteiger partial charge >= 0.3 is 0 Å². The third-order valence-corrected chi connectivity index (χ3v) is 5.05. The second-order valence-corrected chi connectivity index (χ2v) is 7.47. The molecule has 0 aromatic heterocycles. The largest absolute Gasteiger partial charge is 0.350 e. The highest BCUT2D eigenvalue weighted by molar-refractivity contribution is 6.46. The van der Waals surface area contributed by atoms with E-state index in [9.17, 15) is 9.59 Å². The number of hydrogen-bond acceptors (Lipinski definition) is 3. The number of nitrogens with one attached hydrogen (secondary N) is 1. The molecule has 4 rings (SSSR count). The molecular weight excluding hydrogens is 384 g/mol. The van der Waals surface area contributed by atoms with Crippen molar-refractivity contribution < 1.29 is 9.59 Å². The summed E-state index contributed by atoms with van der Waals surface area (Å²) in [5.41, 5.74) is 4.65. The molecule has 0 aliphatic carbocycles. The van der Waals surface area contributed by atoms with E-state index >= 15 is 0 Å². The van der Waals surface area contributed by atoms with Crippen molar-refractivity contribution in [3.05, 3.63) is 100 Å². The number of carbonyl (C=O) groups excluding carboxylic acids is 2. The summed E-state index contributed by atoms with van der Waals surface area (Å²) >= 11 is 6.09. The lowest BCUT2D eigenvalue weighted by molar-refractivity contribution is -0.120. The summed E-state index contributed by atoms with van der Waals surface area (Å²) in [6, 6.07) is 21.9. The van der Waals surface area contributed by atoms with Crippen LogP contribution < -0.4 is 10.2 Å². The molecule has 0 radical (unpaired) electrons. The van der Waals surface area contributed by atoms with Gasteiger partial charge in [-0.2, -0.15) is 0 Å². The van der Waals surface area contributed by atoms with Gasteiger partial charge in [0.25, 0.3) is 11.8 Å². The maximum Gasteiger partial charge on any atom is 0.282 e. The zero-order chi connectivity index (χ0) is 20.5. The molecule has 3 aromatic rings. The van der Waals surface area contributed by atoms with Crippen molar-refractivity contribution in [2.75, 3.05) is 10.2 Å². The van der Waals surface area contributed by atoms with Gasteiger partial charge in [-0.3, -0.25) is 9.59 Å². The van der Waals surface area contributed by atoms with Crippen molar-refractivity contribution in [2.45, 2.75) is 13.8 Å². The van der Waals surface area contributed by atoms with Gasteiger partial charge in [-0.05, 0) is 49.7 Å². The van der Waals surface area contributed by atoms with Crippen LogP contribution >= 0.6 is 11.6 Å². The van der Waals surface area contributed by atoms with Crippen molar-refractivity contribution in [3.63, 3.8) is 0 Å². The Balaban J connectivity index is 1.82. The molecule has 1 heterocycles. The number of hydrogen-bond donors (Lipinski definition) is 1. The molecule has 2 amide bonds. The minimum absolute atomic E-state index is 0.252. The maximum absolute atomic E-state index is 13.3. The standard InChI is InChI=1S/C24H19ClN2O2/c1-15-6-10-17(11-7-15)21-22(26-19-12-8-16(2)9-13-19)24(29)27(23(21)28)20-5-3-4-18(25)14-20/h3-14,26H,1-2H3. The van der Waals surface area contributed by atoms with E-state index in [0.29, 0.717) is 21.8 Å². The van der Waals surface area contributed by atoms with E-state index in [-0.39, 0.29) is 11.6 Å². The van der Waals surface area contributed by atoms with E-state index in [4.69, 9.17) is 11.6 Å². The molecule has 0 bridgehead atoms. The number of anilines is 2. The number of carbonyl (C=O) groups is 2. The molecule has 1 N–H and O–H groups in total. The van der Waals surface area contributed by atoms with Crippen LogP contribution in [0.1, 0.15) is 16.7 Å². The van der Waals surface area contributed by atoms with Crippen LogP contribution in [0.2, 0.25) is 5.02 Å². The minimum Gasteiger partial charge on any atom is -0.350 e. The number of nitrogens with zero attached hydrogens (tertiary/aromatic N) is 1. The maximum atomic E-state index is 13.3. The highest BCUT2D eigenvalue weighted by atomic mass is 35.5. The first-order chi connectivity index (χ1) is 13.9. The first-order valence-corrected chi connectivity index (χ1v) is 9.61. The fraction of sp³-hybridized carbons (Fsp3) is 0.0833. The Morgan fingerprint density at radius 3 is 2.03 bits per heavy atom. The van der Waals surface area contributed by atoms with Gasteiger partial charge in [0, 0.05) is 10.7 Å². The third kappa shape index (κ3) is 3.67. The Bertz CT molecular complexity index is 1130. The molecule has 0 fully saturated rings. The van der Waals surface area contributed by atoms with Crippen molar-refractivity contribution >= 4 is 40.4 Å². The first kappa shape index (κ1) is 19.0. The Morgan fingerprint density at radius 2 is 1.41 bits per heavy atom. The normalized spacial score (nSPS) is 14.0. The third-order valence-electron chi connectivity index (χ3n) is 4.81. The van der Waals surface area contributed by atoms with E-state index in [1.807, 2.05) is 62.4 Å². The van der Waals surface area contributed by atoms with Gasteiger partial charge in [-0.25, -0.2) is 4.90 Å². The Labute approximate surface area is 174 Å². The smallest absolute Gasteiger partial charge is 0.282 e. The predicted octanol–water partition coefficient (Wildman–Crippen LogP) is 5.35. The fourth-order valence-electron chi connectivity index (χ4n) is 3.26. The molecular formula is C24H19ClN2O2. The number of aryl methyl sites for hydroxylation is 2. The average Bonchev–Trinajstić information content (AvgIpc) is 2.94. The van der Waals surface area contributed by atoms with E-state index in [2.05, 4.69) is 5.32 Å². The number of imide groups is 1. The van der Waals surface area contributed by atoms with Gasteiger partial charge in [0.05, 0.1) is 11.3 Å². The summed E-state index contributed by atoms with van der Waals surface area (Å²) < 4.78 is 0. The monoisotopic (exact) mass is 402 g/mol. The number of halogens is 1. The zero-order valence-electron chi connectivity index (χ0n) is 16.1. The van der Waals surface area contributed by atoms with Gasteiger partial charge in [-0.1, -0.05) is 65.2 Å². The summed E-state index contributed by atoms with van der Waals surface area (Å²) in [6.45, 7) is 3.97. The second kappa shape index (κ2) is 7.57. The first-order valence-electron chi connectivity index (χ1n) is 9.23. The van der Waals surface area contributed by atoms with Crippen LogP contribution in [0.15, 0.2) is 78.5 Å². The van der Waals surface area contributed by atoms with Gasteiger partial charge in [0.15, 0.2) is 0 Å². The van der Waals surface area contributed by atoms with E-state index in [1.165, 1.54) is 0 Å². The highest BCUT2D eigenvalue weighted by Crippen LogP contribution is 2.34.